The van der Waals surface area contributed by atoms with Gasteiger partial charge in [0.25, 0.3) is 5.91 Å². The lowest BCUT2D eigenvalue weighted by molar-refractivity contribution is -0.137. The van der Waals surface area contributed by atoms with Gasteiger partial charge in [-0.2, -0.15) is 13.2 Å². The minimum atomic E-state index is -4.51. The molecule has 0 atom stereocenters. The van der Waals surface area contributed by atoms with Crippen molar-refractivity contribution in [3.63, 3.8) is 0 Å². The van der Waals surface area contributed by atoms with Gasteiger partial charge in [-0.25, -0.2) is 4.98 Å². The first-order chi connectivity index (χ1) is 16.3. The van der Waals surface area contributed by atoms with Crippen LogP contribution in [0.4, 0.5) is 13.2 Å². The van der Waals surface area contributed by atoms with Gasteiger partial charge in [0.15, 0.2) is 16.6 Å². The Hall–Kier alpha value is -3.54. The van der Waals surface area contributed by atoms with Gasteiger partial charge in [0.2, 0.25) is 11.7 Å². The van der Waals surface area contributed by atoms with Crippen LogP contribution < -0.4 is 0 Å². The summed E-state index contributed by atoms with van der Waals surface area (Å²) in [5, 5.41) is 8.57. The molecule has 0 aliphatic heterocycles. The molecule has 0 saturated heterocycles. The highest BCUT2D eigenvalue weighted by Gasteiger charge is 2.31. The Labute approximate surface area is 196 Å². The highest BCUT2D eigenvalue weighted by atomic mass is 32.2. The maximum atomic E-state index is 13.3. The molecule has 1 aromatic carbocycles. The van der Waals surface area contributed by atoms with E-state index in [9.17, 15) is 18.0 Å². The molecule has 4 rings (SSSR count). The van der Waals surface area contributed by atoms with Crippen molar-refractivity contribution in [3.05, 3.63) is 66.1 Å². The van der Waals surface area contributed by atoms with Gasteiger partial charge in [-0.05, 0) is 44.2 Å². The third kappa shape index (κ3) is 4.86. The highest BCUT2D eigenvalue weighted by molar-refractivity contribution is 7.98. The van der Waals surface area contributed by atoms with E-state index in [0.29, 0.717) is 24.0 Å². The lowest BCUT2D eigenvalue weighted by atomic mass is 10.2. The normalized spacial score (nSPS) is 11.7. The fraction of sp³-hybridized carbons (Fsp3) is 0.273. The van der Waals surface area contributed by atoms with E-state index < -0.39 is 11.7 Å². The molecular weight excluding hydrogens is 471 g/mol. The van der Waals surface area contributed by atoms with E-state index in [0.717, 1.165) is 23.9 Å². The number of thioether (sulfide) groups is 1. The number of nitrogens with zero attached hydrogens (tertiary/aromatic N) is 5. The molecule has 1 amide bonds. The first-order valence-electron chi connectivity index (χ1n) is 10.3. The lowest BCUT2D eigenvalue weighted by Gasteiger charge is -2.16. The van der Waals surface area contributed by atoms with Gasteiger partial charge >= 0.3 is 6.18 Å². The standard InChI is InChI=1S/C22H20F3N5O3S/c1-3-29(4-2)20(31)16-12-33-18(26-16)13-34-21-28-27-19(17-9-6-10-32-17)30(21)15-8-5-7-14(11-15)22(23,24)25/h5-12H,3-4,13H2,1-2H3. The maximum Gasteiger partial charge on any atom is 0.416 e. The SMILES string of the molecule is CCN(CC)C(=O)c1coc(CSc2nnc(-c3ccco3)n2-c2cccc(C(F)(F)F)c2)n1. The molecule has 0 aliphatic rings. The van der Waals surface area contributed by atoms with Crippen LogP contribution in [-0.4, -0.2) is 43.6 Å². The van der Waals surface area contributed by atoms with Gasteiger partial charge in [0, 0.05) is 13.1 Å². The Balaban J connectivity index is 1.64. The van der Waals surface area contributed by atoms with Gasteiger partial charge < -0.3 is 13.7 Å². The second-order valence-corrected chi connectivity index (χ2v) is 8.00. The average molecular weight is 491 g/mol. The smallest absolute Gasteiger partial charge is 0.416 e. The van der Waals surface area contributed by atoms with Crippen molar-refractivity contribution in [2.45, 2.75) is 30.9 Å². The van der Waals surface area contributed by atoms with E-state index in [2.05, 4.69) is 15.2 Å². The van der Waals surface area contributed by atoms with Crippen molar-refractivity contribution in [1.29, 1.82) is 0 Å². The molecule has 3 aromatic heterocycles. The van der Waals surface area contributed by atoms with E-state index in [1.54, 1.807) is 17.0 Å². The number of carbonyl (C=O) groups excluding carboxylic acids is 1. The van der Waals surface area contributed by atoms with Crippen LogP contribution >= 0.6 is 11.8 Å². The molecule has 0 unspecified atom stereocenters. The Morgan fingerprint density at radius 2 is 1.91 bits per heavy atom. The van der Waals surface area contributed by atoms with Crippen LogP contribution in [0.25, 0.3) is 17.3 Å². The van der Waals surface area contributed by atoms with Crippen LogP contribution in [-0.2, 0) is 11.9 Å². The number of hydrogen-bond donors (Lipinski definition) is 0. The highest BCUT2D eigenvalue weighted by Crippen LogP contribution is 2.34. The van der Waals surface area contributed by atoms with Crippen LogP contribution in [0, 0.1) is 0 Å². The molecule has 0 N–H and O–H groups in total. The van der Waals surface area contributed by atoms with E-state index in [1.807, 2.05) is 13.8 Å². The van der Waals surface area contributed by atoms with Crippen molar-refractivity contribution < 1.29 is 26.8 Å². The number of furan rings is 1. The van der Waals surface area contributed by atoms with Crippen LogP contribution in [0.15, 0.2) is 62.9 Å². The van der Waals surface area contributed by atoms with Crippen LogP contribution in [0.5, 0.6) is 0 Å². The van der Waals surface area contributed by atoms with E-state index in [4.69, 9.17) is 8.83 Å². The van der Waals surface area contributed by atoms with Gasteiger partial charge in [0.1, 0.15) is 6.26 Å². The summed E-state index contributed by atoms with van der Waals surface area (Å²) >= 11 is 1.16. The largest absolute Gasteiger partial charge is 0.461 e. The topological polar surface area (TPSA) is 90.2 Å². The summed E-state index contributed by atoms with van der Waals surface area (Å²) in [5.74, 6) is 0.813. The molecule has 4 aromatic rings. The molecule has 12 heteroatoms. The molecule has 0 aliphatic carbocycles. The Morgan fingerprint density at radius 3 is 2.59 bits per heavy atom. The Kier molecular flexibility index (Phi) is 6.77. The molecular formula is C22H20F3N5O3S. The van der Waals surface area contributed by atoms with Crippen molar-refractivity contribution in [3.8, 4) is 17.3 Å². The molecule has 0 bridgehead atoms. The average Bonchev–Trinajstić information content (AvgIpc) is 3.58. The molecule has 34 heavy (non-hydrogen) atoms. The summed E-state index contributed by atoms with van der Waals surface area (Å²) in [4.78, 5) is 18.3. The summed E-state index contributed by atoms with van der Waals surface area (Å²) in [5.41, 5.74) is -0.388. The van der Waals surface area contributed by atoms with Gasteiger partial charge in [-0.1, -0.05) is 17.8 Å². The van der Waals surface area contributed by atoms with Gasteiger partial charge in [0.05, 0.1) is 23.3 Å². The molecule has 0 fully saturated rings. The number of hydrogen-bond acceptors (Lipinski definition) is 7. The molecule has 178 valence electrons. The number of oxazole rings is 1. The minimum Gasteiger partial charge on any atom is -0.461 e. The van der Waals surface area contributed by atoms with Crippen LogP contribution in [0.1, 0.15) is 35.8 Å². The van der Waals surface area contributed by atoms with Gasteiger partial charge in [-0.3, -0.25) is 9.36 Å². The number of aromatic nitrogens is 4. The van der Waals surface area contributed by atoms with Crippen LogP contribution in [0.2, 0.25) is 0 Å². The summed E-state index contributed by atoms with van der Waals surface area (Å²) in [7, 11) is 0. The first-order valence-corrected chi connectivity index (χ1v) is 11.3. The predicted octanol–water partition coefficient (Wildman–Crippen LogP) is 5.31. The zero-order valence-electron chi connectivity index (χ0n) is 18.2. The fourth-order valence-electron chi connectivity index (χ4n) is 3.26. The first kappa shape index (κ1) is 23.6. The second-order valence-electron chi connectivity index (χ2n) is 7.06. The molecule has 3 heterocycles. The zero-order valence-corrected chi connectivity index (χ0v) is 19.1. The third-order valence-electron chi connectivity index (χ3n) is 4.95. The Bertz CT molecular complexity index is 1260. The van der Waals surface area contributed by atoms with Crippen molar-refractivity contribution in [2.24, 2.45) is 0 Å². The molecule has 0 spiro atoms. The lowest BCUT2D eigenvalue weighted by Crippen LogP contribution is -2.30. The number of carbonyl (C=O) groups is 1. The minimum absolute atomic E-state index is 0.181. The summed E-state index contributed by atoms with van der Waals surface area (Å²) in [6, 6.07) is 8.15. The van der Waals surface area contributed by atoms with Gasteiger partial charge in [-0.15, -0.1) is 10.2 Å². The number of halogens is 3. The zero-order chi connectivity index (χ0) is 24.3. The number of rotatable bonds is 8. The van der Waals surface area contributed by atoms with E-state index in [-0.39, 0.29) is 34.8 Å². The number of amides is 1. The summed E-state index contributed by atoms with van der Waals surface area (Å²) in [6.07, 6.45) is -1.77. The van der Waals surface area contributed by atoms with Crippen molar-refractivity contribution in [1.82, 2.24) is 24.6 Å². The van der Waals surface area contributed by atoms with Crippen LogP contribution in [0.3, 0.4) is 0 Å². The number of alkyl halides is 3. The molecule has 8 nitrogen and oxygen atoms in total. The molecule has 0 radical (unpaired) electrons. The fourth-order valence-corrected chi connectivity index (χ4v) is 4.06. The number of benzene rings is 1. The third-order valence-corrected chi connectivity index (χ3v) is 5.87. The maximum absolute atomic E-state index is 13.3. The molecule has 0 saturated carbocycles. The monoisotopic (exact) mass is 491 g/mol. The quantitative estimate of drug-likeness (QED) is 0.309. The Morgan fingerprint density at radius 1 is 1.12 bits per heavy atom. The summed E-state index contributed by atoms with van der Waals surface area (Å²) in [6.45, 7) is 4.83. The van der Waals surface area contributed by atoms with Crippen molar-refractivity contribution >= 4 is 17.7 Å². The predicted molar refractivity (Wildman–Crippen MR) is 117 cm³/mol. The van der Waals surface area contributed by atoms with Crippen molar-refractivity contribution in [2.75, 3.05) is 13.1 Å². The summed E-state index contributed by atoms with van der Waals surface area (Å²) < 4.78 is 52.2. The second kappa shape index (κ2) is 9.75. The van der Waals surface area contributed by atoms with E-state index in [1.165, 1.54) is 29.2 Å². The van der Waals surface area contributed by atoms with E-state index >= 15 is 0 Å².